The number of carbonyl (C=O) groups is 1. The van der Waals surface area contributed by atoms with Gasteiger partial charge in [0.25, 0.3) is 0 Å². The smallest absolute Gasteiger partial charge is 0.246 e. The molecule has 0 aliphatic carbocycles. The van der Waals surface area contributed by atoms with Crippen molar-refractivity contribution < 1.29 is 4.79 Å². The molecule has 0 fully saturated rings. The number of hydrogen-bond acceptors (Lipinski definition) is 2. The fraction of sp³-hybridized carbons (Fsp3) is 0.286. The highest BCUT2D eigenvalue weighted by atomic mass is 16.1. The molecule has 0 saturated carbocycles. The van der Waals surface area contributed by atoms with Gasteiger partial charge in [-0.05, 0) is 13.1 Å². The van der Waals surface area contributed by atoms with Gasteiger partial charge in [-0.1, -0.05) is 5.57 Å². The summed E-state index contributed by atoms with van der Waals surface area (Å²) in [5, 5.41) is 2.84. The molecule has 10 heavy (non-hydrogen) atoms. The molecule has 1 aliphatic heterocycles. The number of primary amides is 1. The Bertz CT molecular complexity index is 216. The highest BCUT2D eigenvalue weighted by Crippen LogP contribution is 2.11. The van der Waals surface area contributed by atoms with E-state index in [4.69, 9.17) is 5.73 Å². The number of nitrogens with one attached hydrogen (secondary N) is 1. The molecule has 1 heterocycles. The van der Waals surface area contributed by atoms with Gasteiger partial charge in [0.15, 0.2) is 0 Å². The molecule has 0 radical (unpaired) electrons. The molecule has 1 aliphatic rings. The number of carbonyl (C=O) groups excluding carboxylic acids is 1. The topological polar surface area (TPSA) is 55.1 Å². The predicted octanol–water partition coefficient (Wildman–Crippen LogP) is 0.253. The van der Waals surface area contributed by atoms with E-state index in [1.807, 2.05) is 13.1 Å². The van der Waals surface area contributed by atoms with E-state index in [2.05, 4.69) is 5.32 Å². The maximum atomic E-state index is 10.6. The Hall–Kier alpha value is -1.25. The molecular weight excluding hydrogens is 128 g/mol. The van der Waals surface area contributed by atoms with Gasteiger partial charge in [0.2, 0.25) is 5.91 Å². The van der Waals surface area contributed by atoms with Crippen molar-refractivity contribution in [2.75, 3.05) is 0 Å². The summed E-state index contributed by atoms with van der Waals surface area (Å²) in [6.07, 6.45) is 4.16. The average Bonchev–Trinajstić information content (AvgIpc) is 1.88. The standard InChI is InChI=1S/C7H10N2O/c1-5-2-6(7(8)10)4-9-3-5/h3-4,9H,2H2,1H3,(H2,8,10). The summed E-state index contributed by atoms with van der Waals surface area (Å²) in [6, 6.07) is 0. The molecule has 0 unspecified atom stereocenters. The largest absolute Gasteiger partial charge is 0.367 e. The van der Waals surface area contributed by atoms with Crippen LogP contribution in [0.2, 0.25) is 0 Å². The van der Waals surface area contributed by atoms with E-state index in [-0.39, 0.29) is 5.91 Å². The molecule has 0 bridgehead atoms. The summed E-state index contributed by atoms with van der Waals surface area (Å²) in [5.41, 5.74) is 6.82. The zero-order valence-electron chi connectivity index (χ0n) is 5.85. The predicted molar refractivity (Wildman–Crippen MR) is 38.8 cm³/mol. The van der Waals surface area contributed by atoms with Crippen LogP contribution in [0.5, 0.6) is 0 Å². The van der Waals surface area contributed by atoms with Crippen LogP contribution in [0.1, 0.15) is 13.3 Å². The molecule has 0 aromatic rings. The Balaban J connectivity index is 2.66. The Morgan fingerprint density at radius 3 is 2.80 bits per heavy atom. The molecule has 0 aromatic carbocycles. The number of nitrogens with two attached hydrogens (primary N) is 1. The lowest BCUT2D eigenvalue weighted by Gasteiger charge is -2.09. The minimum absolute atomic E-state index is 0.347. The molecular formula is C7H10N2O. The highest BCUT2D eigenvalue weighted by Gasteiger charge is 2.07. The lowest BCUT2D eigenvalue weighted by molar-refractivity contribution is -0.114. The molecule has 0 atom stereocenters. The molecule has 0 saturated heterocycles. The summed E-state index contributed by atoms with van der Waals surface area (Å²) < 4.78 is 0. The number of allylic oxidation sites excluding steroid dienone is 1. The zero-order valence-corrected chi connectivity index (χ0v) is 5.85. The van der Waals surface area contributed by atoms with Crippen molar-refractivity contribution in [2.45, 2.75) is 13.3 Å². The minimum Gasteiger partial charge on any atom is -0.367 e. The molecule has 1 amide bonds. The lowest BCUT2D eigenvalue weighted by Crippen LogP contribution is -2.18. The molecule has 0 aromatic heterocycles. The third kappa shape index (κ3) is 1.37. The lowest BCUT2D eigenvalue weighted by atomic mass is 10.1. The van der Waals surface area contributed by atoms with Crippen LogP contribution in [-0.2, 0) is 4.79 Å². The van der Waals surface area contributed by atoms with Crippen LogP contribution in [0.25, 0.3) is 0 Å². The van der Waals surface area contributed by atoms with E-state index in [0.29, 0.717) is 12.0 Å². The van der Waals surface area contributed by atoms with Crippen molar-refractivity contribution in [3.8, 4) is 0 Å². The summed E-state index contributed by atoms with van der Waals surface area (Å²) in [5.74, 6) is -0.347. The maximum absolute atomic E-state index is 10.6. The SMILES string of the molecule is CC1=CNC=C(C(N)=O)C1. The number of dihydropyridines is 1. The van der Waals surface area contributed by atoms with E-state index >= 15 is 0 Å². The summed E-state index contributed by atoms with van der Waals surface area (Å²) >= 11 is 0. The van der Waals surface area contributed by atoms with Crippen LogP contribution in [0.3, 0.4) is 0 Å². The van der Waals surface area contributed by atoms with E-state index in [1.165, 1.54) is 0 Å². The second-order valence-electron chi connectivity index (χ2n) is 2.37. The van der Waals surface area contributed by atoms with Gasteiger partial charge < -0.3 is 11.1 Å². The van der Waals surface area contributed by atoms with Crippen LogP contribution in [0.15, 0.2) is 23.5 Å². The highest BCUT2D eigenvalue weighted by molar-refractivity contribution is 5.92. The molecule has 3 nitrogen and oxygen atoms in total. The molecule has 1 rings (SSSR count). The van der Waals surface area contributed by atoms with E-state index in [1.54, 1.807) is 6.20 Å². The first-order valence-corrected chi connectivity index (χ1v) is 3.10. The molecule has 54 valence electrons. The molecule has 0 spiro atoms. The van der Waals surface area contributed by atoms with Crippen molar-refractivity contribution in [2.24, 2.45) is 5.73 Å². The summed E-state index contributed by atoms with van der Waals surface area (Å²) in [6.45, 7) is 1.95. The molecule has 3 heteroatoms. The van der Waals surface area contributed by atoms with Gasteiger partial charge in [-0.3, -0.25) is 4.79 Å². The Labute approximate surface area is 59.6 Å². The van der Waals surface area contributed by atoms with E-state index < -0.39 is 0 Å². The first-order chi connectivity index (χ1) is 4.70. The normalized spacial score (nSPS) is 16.9. The third-order valence-corrected chi connectivity index (χ3v) is 1.37. The number of amides is 1. The van der Waals surface area contributed by atoms with Gasteiger partial charge in [-0.25, -0.2) is 0 Å². The van der Waals surface area contributed by atoms with Gasteiger partial charge in [0.05, 0.1) is 0 Å². The Morgan fingerprint density at radius 1 is 1.70 bits per heavy atom. The van der Waals surface area contributed by atoms with E-state index in [0.717, 1.165) is 5.57 Å². The first kappa shape index (κ1) is 6.86. The number of rotatable bonds is 1. The second-order valence-corrected chi connectivity index (χ2v) is 2.37. The van der Waals surface area contributed by atoms with Crippen LogP contribution >= 0.6 is 0 Å². The zero-order chi connectivity index (χ0) is 7.56. The van der Waals surface area contributed by atoms with Gasteiger partial charge in [0, 0.05) is 18.2 Å². The van der Waals surface area contributed by atoms with Crippen molar-refractivity contribution in [3.05, 3.63) is 23.5 Å². The summed E-state index contributed by atoms with van der Waals surface area (Å²) in [4.78, 5) is 10.6. The van der Waals surface area contributed by atoms with E-state index in [9.17, 15) is 4.79 Å². The Kier molecular flexibility index (Phi) is 1.76. The second kappa shape index (κ2) is 2.56. The van der Waals surface area contributed by atoms with Crippen molar-refractivity contribution in [1.82, 2.24) is 5.32 Å². The Morgan fingerprint density at radius 2 is 2.40 bits per heavy atom. The average molecular weight is 138 g/mol. The maximum Gasteiger partial charge on any atom is 0.246 e. The van der Waals surface area contributed by atoms with Gasteiger partial charge in [-0.15, -0.1) is 0 Å². The van der Waals surface area contributed by atoms with Crippen LogP contribution in [-0.4, -0.2) is 5.91 Å². The van der Waals surface area contributed by atoms with Crippen LogP contribution < -0.4 is 11.1 Å². The minimum atomic E-state index is -0.347. The van der Waals surface area contributed by atoms with Crippen molar-refractivity contribution in [1.29, 1.82) is 0 Å². The fourth-order valence-electron chi connectivity index (χ4n) is 0.845. The van der Waals surface area contributed by atoms with Crippen molar-refractivity contribution >= 4 is 5.91 Å². The summed E-state index contributed by atoms with van der Waals surface area (Å²) in [7, 11) is 0. The number of hydrogen-bond donors (Lipinski definition) is 2. The quantitative estimate of drug-likeness (QED) is 0.545. The van der Waals surface area contributed by atoms with Crippen molar-refractivity contribution in [3.63, 3.8) is 0 Å². The monoisotopic (exact) mass is 138 g/mol. The van der Waals surface area contributed by atoms with Gasteiger partial charge >= 0.3 is 0 Å². The first-order valence-electron chi connectivity index (χ1n) is 3.10. The van der Waals surface area contributed by atoms with Gasteiger partial charge in [-0.2, -0.15) is 0 Å². The van der Waals surface area contributed by atoms with Crippen LogP contribution in [0.4, 0.5) is 0 Å². The third-order valence-electron chi connectivity index (χ3n) is 1.37. The van der Waals surface area contributed by atoms with Gasteiger partial charge in [0.1, 0.15) is 0 Å². The van der Waals surface area contributed by atoms with Crippen LogP contribution in [0, 0.1) is 0 Å². The molecule has 3 N–H and O–H groups in total. The fourth-order valence-corrected chi connectivity index (χ4v) is 0.845.